The van der Waals surface area contributed by atoms with Crippen LogP contribution < -0.4 is 21.1 Å². The monoisotopic (exact) mass is 347 g/mol. The first-order chi connectivity index (χ1) is 12.1. The molecule has 0 radical (unpaired) electrons. The molecule has 2 amide bonds. The summed E-state index contributed by atoms with van der Waals surface area (Å²) in [4.78, 5) is 22.5. The summed E-state index contributed by atoms with van der Waals surface area (Å²) in [6, 6.07) is 6.92. The van der Waals surface area contributed by atoms with E-state index in [4.69, 9.17) is 10.5 Å². The highest BCUT2D eigenvalue weighted by molar-refractivity contribution is 5.75. The van der Waals surface area contributed by atoms with Crippen molar-refractivity contribution in [2.24, 2.45) is 11.7 Å². The van der Waals surface area contributed by atoms with Crippen molar-refractivity contribution >= 4 is 17.7 Å². The molecule has 0 spiro atoms. The summed E-state index contributed by atoms with van der Waals surface area (Å²) in [6.45, 7) is 1.23. The van der Waals surface area contributed by atoms with Gasteiger partial charge in [-0.15, -0.1) is 0 Å². The van der Waals surface area contributed by atoms with Gasteiger partial charge in [-0.1, -0.05) is 32.1 Å². The molecule has 0 bridgehead atoms. The second kappa shape index (κ2) is 10.6. The molecule has 25 heavy (non-hydrogen) atoms. The molecule has 1 aromatic rings. The van der Waals surface area contributed by atoms with Crippen molar-refractivity contribution in [1.82, 2.24) is 5.32 Å². The van der Waals surface area contributed by atoms with Gasteiger partial charge in [-0.05, 0) is 43.0 Å². The summed E-state index contributed by atoms with van der Waals surface area (Å²) in [5.41, 5.74) is 5.84. The van der Waals surface area contributed by atoms with Crippen LogP contribution in [0.4, 0.5) is 10.5 Å². The Hall–Kier alpha value is -2.24. The normalized spacial score (nSPS) is 14.7. The minimum atomic E-state index is -0.827. The van der Waals surface area contributed by atoms with E-state index in [0.717, 1.165) is 18.0 Å². The highest BCUT2D eigenvalue weighted by atomic mass is 16.5. The quantitative estimate of drug-likeness (QED) is 0.597. The first-order valence-corrected chi connectivity index (χ1v) is 9.21. The summed E-state index contributed by atoms with van der Waals surface area (Å²) in [6.07, 6.45) is 8.75. The molecule has 4 N–H and O–H groups in total. The molecule has 138 valence electrons. The lowest BCUT2D eigenvalue weighted by Crippen LogP contribution is -2.28. The van der Waals surface area contributed by atoms with Crippen LogP contribution in [0.15, 0.2) is 24.3 Å². The van der Waals surface area contributed by atoms with Crippen molar-refractivity contribution in [2.45, 2.75) is 51.4 Å². The fraction of sp³-hybridized carbons (Fsp3) is 0.579. The molecule has 0 unspecified atom stereocenters. The second-order valence-electron chi connectivity index (χ2n) is 6.62. The molecular weight excluding hydrogens is 318 g/mol. The Morgan fingerprint density at radius 2 is 1.80 bits per heavy atom. The Kier molecular flexibility index (Phi) is 8.09. The molecular formula is C19H29N3O3. The molecule has 2 rings (SSSR count). The molecule has 1 fully saturated rings. The first-order valence-electron chi connectivity index (χ1n) is 9.21. The van der Waals surface area contributed by atoms with Crippen molar-refractivity contribution in [3.8, 4) is 5.75 Å². The molecule has 0 atom stereocenters. The lowest BCUT2D eigenvalue weighted by molar-refractivity contribution is -0.121. The number of primary amides is 1. The molecule has 0 heterocycles. The Balaban J connectivity index is 1.52. The fourth-order valence-corrected chi connectivity index (χ4v) is 3.28. The topological polar surface area (TPSA) is 93.5 Å². The van der Waals surface area contributed by atoms with Gasteiger partial charge in [0.1, 0.15) is 5.75 Å². The number of benzene rings is 1. The standard InChI is InChI=1S/C19H29N3O3/c20-19(24)25-17-11-9-16(10-12-17)21-13-14-22-18(23)8-4-7-15-5-2-1-3-6-15/h9-12,15,21H,1-8,13-14H2,(H2,20,24)(H,22,23). The Labute approximate surface area is 149 Å². The number of hydrogen-bond donors (Lipinski definition) is 3. The van der Waals surface area contributed by atoms with E-state index >= 15 is 0 Å². The van der Waals surface area contributed by atoms with Crippen LogP contribution in [0.5, 0.6) is 5.75 Å². The van der Waals surface area contributed by atoms with Crippen LogP contribution in [0.25, 0.3) is 0 Å². The van der Waals surface area contributed by atoms with Gasteiger partial charge in [0.25, 0.3) is 0 Å². The number of rotatable bonds is 9. The average Bonchev–Trinajstić information content (AvgIpc) is 2.60. The largest absolute Gasteiger partial charge is 0.411 e. The Morgan fingerprint density at radius 1 is 1.08 bits per heavy atom. The molecule has 1 aliphatic carbocycles. The van der Waals surface area contributed by atoms with Crippen LogP contribution in [0.2, 0.25) is 0 Å². The van der Waals surface area contributed by atoms with Crippen LogP contribution in [0, 0.1) is 5.92 Å². The van der Waals surface area contributed by atoms with Crippen molar-refractivity contribution in [2.75, 3.05) is 18.4 Å². The number of nitrogens with two attached hydrogens (primary N) is 1. The molecule has 1 saturated carbocycles. The molecule has 6 nitrogen and oxygen atoms in total. The summed E-state index contributed by atoms with van der Waals surface area (Å²) < 4.78 is 4.76. The van der Waals surface area contributed by atoms with E-state index in [2.05, 4.69) is 10.6 Å². The minimum absolute atomic E-state index is 0.128. The number of anilines is 1. The second-order valence-corrected chi connectivity index (χ2v) is 6.62. The zero-order chi connectivity index (χ0) is 17.9. The van der Waals surface area contributed by atoms with E-state index in [1.807, 2.05) is 0 Å². The molecule has 6 heteroatoms. The third-order valence-electron chi connectivity index (χ3n) is 4.59. The van der Waals surface area contributed by atoms with Crippen LogP contribution >= 0.6 is 0 Å². The summed E-state index contributed by atoms with van der Waals surface area (Å²) in [5.74, 6) is 1.37. The van der Waals surface area contributed by atoms with Crippen molar-refractivity contribution in [3.63, 3.8) is 0 Å². The lowest BCUT2D eigenvalue weighted by atomic mass is 9.86. The van der Waals surface area contributed by atoms with E-state index in [1.54, 1.807) is 24.3 Å². The van der Waals surface area contributed by atoms with Gasteiger partial charge < -0.3 is 21.1 Å². The molecule has 0 aromatic heterocycles. The van der Waals surface area contributed by atoms with Crippen LogP contribution in [0.1, 0.15) is 51.4 Å². The SMILES string of the molecule is NC(=O)Oc1ccc(NCCNC(=O)CCCC2CCCCC2)cc1. The maximum Gasteiger partial charge on any atom is 0.409 e. The van der Waals surface area contributed by atoms with Gasteiger partial charge in [-0.3, -0.25) is 4.79 Å². The van der Waals surface area contributed by atoms with Crippen LogP contribution in [-0.4, -0.2) is 25.1 Å². The van der Waals surface area contributed by atoms with E-state index in [-0.39, 0.29) is 5.91 Å². The maximum atomic E-state index is 11.8. The summed E-state index contributed by atoms with van der Waals surface area (Å²) in [5, 5.41) is 6.14. The van der Waals surface area contributed by atoms with Gasteiger partial charge >= 0.3 is 6.09 Å². The minimum Gasteiger partial charge on any atom is -0.411 e. The Bertz CT molecular complexity index is 539. The number of ether oxygens (including phenoxy) is 1. The van der Waals surface area contributed by atoms with Gasteiger partial charge in [0, 0.05) is 25.2 Å². The predicted octanol–water partition coefficient (Wildman–Crippen LogP) is 3.42. The molecule has 0 saturated heterocycles. The molecule has 1 aliphatic rings. The average molecular weight is 347 g/mol. The fourth-order valence-electron chi connectivity index (χ4n) is 3.28. The number of nitrogens with one attached hydrogen (secondary N) is 2. The van der Waals surface area contributed by atoms with Gasteiger partial charge in [0.15, 0.2) is 0 Å². The van der Waals surface area contributed by atoms with Crippen molar-refractivity contribution in [1.29, 1.82) is 0 Å². The number of amides is 2. The lowest BCUT2D eigenvalue weighted by Gasteiger charge is -2.21. The van der Waals surface area contributed by atoms with Crippen LogP contribution in [-0.2, 0) is 4.79 Å². The summed E-state index contributed by atoms with van der Waals surface area (Å²) in [7, 11) is 0. The van der Waals surface area contributed by atoms with Crippen molar-refractivity contribution < 1.29 is 14.3 Å². The van der Waals surface area contributed by atoms with E-state index < -0.39 is 6.09 Å². The van der Waals surface area contributed by atoms with Gasteiger partial charge in [0.2, 0.25) is 5.91 Å². The van der Waals surface area contributed by atoms with E-state index in [0.29, 0.717) is 25.3 Å². The van der Waals surface area contributed by atoms with Crippen LogP contribution in [0.3, 0.4) is 0 Å². The summed E-state index contributed by atoms with van der Waals surface area (Å²) >= 11 is 0. The number of carbonyl (C=O) groups excluding carboxylic acids is 2. The highest BCUT2D eigenvalue weighted by Crippen LogP contribution is 2.27. The first kappa shape index (κ1) is 19.1. The number of carbonyl (C=O) groups is 2. The Morgan fingerprint density at radius 3 is 2.48 bits per heavy atom. The van der Waals surface area contributed by atoms with Gasteiger partial charge in [-0.2, -0.15) is 0 Å². The van der Waals surface area contributed by atoms with E-state index in [1.165, 1.54) is 38.5 Å². The molecule has 0 aliphatic heterocycles. The zero-order valence-electron chi connectivity index (χ0n) is 14.8. The third-order valence-corrected chi connectivity index (χ3v) is 4.59. The van der Waals surface area contributed by atoms with E-state index in [9.17, 15) is 9.59 Å². The zero-order valence-corrected chi connectivity index (χ0v) is 14.8. The molecule has 1 aromatic carbocycles. The predicted molar refractivity (Wildman–Crippen MR) is 98.6 cm³/mol. The maximum absolute atomic E-state index is 11.8. The van der Waals surface area contributed by atoms with Gasteiger partial charge in [0.05, 0.1) is 0 Å². The van der Waals surface area contributed by atoms with Gasteiger partial charge in [-0.25, -0.2) is 4.79 Å². The third kappa shape index (κ3) is 7.92. The smallest absolute Gasteiger partial charge is 0.409 e. The van der Waals surface area contributed by atoms with Crippen molar-refractivity contribution in [3.05, 3.63) is 24.3 Å². The number of hydrogen-bond acceptors (Lipinski definition) is 4. The highest BCUT2D eigenvalue weighted by Gasteiger charge is 2.13.